The molecule has 0 rings (SSSR count). The normalized spacial score (nSPS) is 11.3. The van der Waals surface area contributed by atoms with E-state index in [0.29, 0.717) is 178 Å². The zero-order valence-electron chi connectivity index (χ0n) is 33.3. The van der Waals surface area contributed by atoms with Crippen LogP contribution in [0.4, 0.5) is 0 Å². The van der Waals surface area contributed by atoms with Crippen LogP contribution in [0.5, 0.6) is 0 Å². The van der Waals surface area contributed by atoms with Crippen molar-refractivity contribution in [3.8, 4) is 0 Å². The average Bonchev–Trinajstić information content (AvgIpc) is 3.17. The van der Waals surface area contributed by atoms with E-state index < -0.39 is 5.97 Å². The lowest BCUT2D eigenvalue weighted by atomic mass is 10.2. The van der Waals surface area contributed by atoms with Crippen LogP contribution in [0.25, 0.3) is 0 Å². The molecule has 0 bridgehead atoms. The van der Waals surface area contributed by atoms with Crippen molar-refractivity contribution in [3.63, 3.8) is 0 Å². The maximum absolute atomic E-state index is 11.5. The fourth-order valence-electron chi connectivity index (χ4n) is 4.04. The monoisotopic (exact) mass is 801 g/mol. The summed E-state index contributed by atoms with van der Waals surface area (Å²) in [5.74, 6) is -1.42. The Morgan fingerprint density at radius 2 is 0.691 bits per heavy atom. The maximum atomic E-state index is 11.5. The predicted molar refractivity (Wildman–Crippen MR) is 199 cm³/mol. The van der Waals surface area contributed by atoms with Gasteiger partial charge in [0, 0.05) is 26.0 Å². The van der Waals surface area contributed by atoms with Gasteiger partial charge in [-0.25, -0.2) is 0 Å². The Morgan fingerprint density at radius 1 is 0.382 bits per heavy atom. The van der Waals surface area contributed by atoms with Crippen LogP contribution in [0.2, 0.25) is 0 Å². The molecule has 0 aliphatic heterocycles. The van der Waals surface area contributed by atoms with E-state index in [9.17, 15) is 14.4 Å². The van der Waals surface area contributed by atoms with Gasteiger partial charge in [0.1, 0.15) is 6.61 Å². The number of hydrogen-bond donors (Lipinski definition) is 2. The number of ether oxygens (including phenoxy) is 13. The third kappa shape index (κ3) is 48.0. The highest BCUT2D eigenvalue weighted by molar-refractivity contribution is 5.80. The van der Waals surface area contributed by atoms with Gasteiger partial charge in [0.25, 0.3) is 0 Å². The van der Waals surface area contributed by atoms with Crippen LogP contribution < -0.4 is 5.32 Å². The fourth-order valence-corrected chi connectivity index (χ4v) is 4.04. The van der Waals surface area contributed by atoms with E-state index in [4.69, 9.17) is 66.7 Å². The molecule has 0 saturated carbocycles. The van der Waals surface area contributed by atoms with Gasteiger partial charge < -0.3 is 72.0 Å². The zero-order valence-corrected chi connectivity index (χ0v) is 33.3. The van der Waals surface area contributed by atoms with Crippen molar-refractivity contribution in [3.05, 3.63) is 0 Å². The number of aliphatic carboxylic acids is 1. The van der Waals surface area contributed by atoms with Crippen LogP contribution in [-0.2, 0) is 76.0 Å². The molecule has 0 aliphatic carbocycles. The number of unbranched alkanes of at least 4 members (excludes halogenated alkanes) is 2. The van der Waals surface area contributed by atoms with Gasteiger partial charge in [-0.05, 0) is 12.8 Å². The molecule has 0 spiro atoms. The lowest BCUT2D eigenvalue weighted by Crippen LogP contribution is -2.25. The lowest BCUT2D eigenvalue weighted by molar-refractivity contribution is -0.145. The molecule has 0 aromatic rings. The van der Waals surface area contributed by atoms with Gasteiger partial charge in [-0.3, -0.25) is 14.4 Å². The van der Waals surface area contributed by atoms with E-state index in [2.05, 4.69) is 12.2 Å². The van der Waals surface area contributed by atoms with Crippen LogP contribution in [0.15, 0.2) is 0 Å². The molecule has 0 aliphatic rings. The number of carbonyl (C=O) groups is 3. The van der Waals surface area contributed by atoms with Crippen LogP contribution >= 0.6 is 0 Å². The van der Waals surface area contributed by atoms with Gasteiger partial charge in [0.15, 0.2) is 0 Å². The van der Waals surface area contributed by atoms with E-state index >= 15 is 0 Å². The van der Waals surface area contributed by atoms with Gasteiger partial charge in [0.05, 0.1) is 158 Å². The van der Waals surface area contributed by atoms with Crippen molar-refractivity contribution >= 4 is 17.8 Å². The third-order valence-electron chi connectivity index (χ3n) is 6.92. The highest BCUT2D eigenvalue weighted by Crippen LogP contribution is 2.00. The molecule has 0 unspecified atom stereocenters. The maximum Gasteiger partial charge on any atom is 0.305 e. The van der Waals surface area contributed by atoms with Gasteiger partial charge in [-0.15, -0.1) is 0 Å². The first kappa shape index (κ1) is 52.9. The van der Waals surface area contributed by atoms with Gasteiger partial charge in [0.2, 0.25) is 5.91 Å². The van der Waals surface area contributed by atoms with Crippen molar-refractivity contribution in [2.45, 2.75) is 51.9 Å². The zero-order chi connectivity index (χ0) is 40.0. The minimum absolute atomic E-state index is 0.0139. The number of carbonyl (C=O) groups excluding carboxylic acids is 2. The molecule has 0 radical (unpaired) electrons. The third-order valence-corrected chi connectivity index (χ3v) is 6.92. The molecule has 2 N–H and O–H groups in total. The molecule has 0 aromatic heterocycles. The summed E-state index contributed by atoms with van der Waals surface area (Å²) < 4.78 is 70.5. The van der Waals surface area contributed by atoms with Crippen LogP contribution in [-0.4, -0.2) is 195 Å². The van der Waals surface area contributed by atoms with Crippen LogP contribution in [0.1, 0.15) is 51.9 Å². The predicted octanol–water partition coefficient (Wildman–Crippen LogP) is 1.68. The van der Waals surface area contributed by atoms with Gasteiger partial charge >= 0.3 is 11.9 Å². The van der Waals surface area contributed by atoms with E-state index in [1.807, 2.05) is 0 Å². The molecule has 326 valence electrons. The molecule has 18 heteroatoms. The Bertz CT molecular complexity index is 827. The molecular formula is C37H71NO17. The molecule has 0 saturated heterocycles. The average molecular weight is 802 g/mol. The first-order valence-electron chi connectivity index (χ1n) is 19.6. The Morgan fingerprint density at radius 3 is 1.00 bits per heavy atom. The quantitative estimate of drug-likeness (QED) is 0.0664. The Hall–Kier alpha value is -2.07. The number of carboxylic acids is 1. The summed E-state index contributed by atoms with van der Waals surface area (Å²) in [5, 5.41) is 11.2. The minimum Gasteiger partial charge on any atom is -0.481 e. The van der Waals surface area contributed by atoms with E-state index in [1.54, 1.807) is 0 Å². The minimum atomic E-state index is -0.986. The number of rotatable bonds is 47. The highest BCUT2D eigenvalue weighted by atomic mass is 16.6. The van der Waals surface area contributed by atoms with Crippen molar-refractivity contribution in [1.29, 1.82) is 0 Å². The molecule has 0 fully saturated rings. The largest absolute Gasteiger partial charge is 0.481 e. The van der Waals surface area contributed by atoms with Gasteiger partial charge in [-0.1, -0.05) is 19.8 Å². The van der Waals surface area contributed by atoms with E-state index in [0.717, 1.165) is 19.3 Å². The second-order valence-electron chi connectivity index (χ2n) is 11.6. The molecule has 0 heterocycles. The summed E-state index contributed by atoms with van der Waals surface area (Å²) in [5.41, 5.74) is 0. The van der Waals surface area contributed by atoms with E-state index in [1.165, 1.54) is 0 Å². The van der Waals surface area contributed by atoms with Crippen LogP contribution in [0, 0.1) is 0 Å². The highest BCUT2D eigenvalue weighted by Gasteiger charge is 2.05. The summed E-state index contributed by atoms with van der Waals surface area (Å²) in [6.07, 6.45) is 3.93. The second kappa shape index (κ2) is 46.3. The fraction of sp³-hybridized carbons (Fsp3) is 0.919. The number of nitrogens with one attached hydrogen (secondary N) is 1. The molecule has 0 aromatic carbocycles. The SMILES string of the molecule is CCCCCC(=O)OCCOCCOCCOCCOCCOCCOCCOCCOCCOCCOCCOCCOCCCNC(=O)CCC(=O)O. The first-order chi connectivity index (χ1) is 27.1. The second-order valence-corrected chi connectivity index (χ2v) is 11.6. The molecule has 18 nitrogen and oxygen atoms in total. The number of amides is 1. The van der Waals surface area contributed by atoms with Crippen molar-refractivity contribution < 1.29 is 81.1 Å². The first-order valence-corrected chi connectivity index (χ1v) is 19.6. The molecule has 55 heavy (non-hydrogen) atoms. The standard InChI is InChI=1S/C37H71NO17/c1-2-3-4-6-37(42)55-34-33-54-32-31-53-30-29-52-28-27-51-26-25-50-24-23-49-22-21-48-20-19-47-18-17-46-16-15-45-14-13-44-12-11-43-10-5-9-38-35(39)7-8-36(40)41/h2-34H2,1H3,(H,38,39)(H,40,41). The van der Waals surface area contributed by atoms with Crippen molar-refractivity contribution in [1.82, 2.24) is 5.32 Å². The lowest BCUT2D eigenvalue weighted by Gasteiger charge is -2.09. The van der Waals surface area contributed by atoms with Crippen molar-refractivity contribution in [2.24, 2.45) is 0 Å². The molecule has 1 amide bonds. The topological polar surface area (TPSA) is 203 Å². The molecule has 0 atom stereocenters. The summed E-state index contributed by atoms with van der Waals surface area (Å²) >= 11 is 0. The van der Waals surface area contributed by atoms with Crippen molar-refractivity contribution in [2.75, 3.05) is 172 Å². The van der Waals surface area contributed by atoms with E-state index in [-0.39, 0.29) is 31.3 Å². The van der Waals surface area contributed by atoms with Crippen LogP contribution in [0.3, 0.4) is 0 Å². The summed E-state index contributed by atoms with van der Waals surface area (Å²) in [4.78, 5) is 33.3. The Balaban J connectivity index is 3.11. The number of hydrogen-bond acceptors (Lipinski definition) is 16. The molecular weight excluding hydrogens is 730 g/mol. The smallest absolute Gasteiger partial charge is 0.305 e. The Labute approximate surface area is 327 Å². The summed E-state index contributed by atoms with van der Waals surface area (Å²) in [6, 6.07) is 0. The van der Waals surface area contributed by atoms with Gasteiger partial charge in [-0.2, -0.15) is 0 Å². The Kier molecular flexibility index (Phi) is 44.6. The number of esters is 1. The number of carboxylic acid groups (broad SMARTS) is 1. The summed E-state index contributed by atoms with van der Waals surface area (Å²) in [7, 11) is 0. The summed E-state index contributed by atoms with van der Waals surface area (Å²) in [6.45, 7) is 14.0.